The Kier molecular flexibility index (Phi) is 3.73. The average Bonchev–Trinajstić information content (AvgIpc) is 3.02. The molecule has 1 saturated heterocycles. The van der Waals surface area contributed by atoms with Crippen molar-refractivity contribution in [3.05, 3.63) is 36.2 Å². The first kappa shape index (κ1) is 14.2. The van der Waals surface area contributed by atoms with Crippen molar-refractivity contribution in [1.82, 2.24) is 24.5 Å². The molecule has 0 aliphatic carbocycles. The van der Waals surface area contributed by atoms with Crippen LogP contribution in [0.25, 0.3) is 0 Å². The molecule has 1 fully saturated rings. The van der Waals surface area contributed by atoms with Gasteiger partial charge in [-0.3, -0.25) is 5.10 Å². The van der Waals surface area contributed by atoms with Gasteiger partial charge in [0.2, 0.25) is 10.0 Å². The first-order chi connectivity index (χ1) is 10.1. The summed E-state index contributed by atoms with van der Waals surface area (Å²) in [6, 6.07) is 1.86. The second kappa shape index (κ2) is 5.53. The van der Waals surface area contributed by atoms with Crippen LogP contribution in [0, 0.1) is 6.92 Å². The van der Waals surface area contributed by atoms with Crippen LogP contribution in [0.2, 0.25) is 0 Å². The Morgan fingerprint density at radius 3 is 2.71 bits per heavy atom. The van der Waals surface area contributed by atoms with E-state index in [1.807, 2.05) is 13.0 Å². The number of sulfonamides is 1. The molecule has 0 bridgehead atoms. The lowest BCUT2D eigenvalue weighted by molar-refractivity contribution is 0.313. The molecule has 112 valence electrons. The predicted molar refractivity (Wildman–Crippen MR) is 76.1 cm³/mol. The molecule has 21 heavy (non-hydrogen) atoms. The SMILES string of the molecule is Cc1ccnc(C2CCN(S(=O)(=O)c3cn[nH]c3)CC2)n1. The molecule has 3 rings (SSSR count). The van der Waals surface area contributed by atoms with Gasteiger partial charge in [-0.15, -0.1) is 0 Å². The van der Waals surface area contributed by atoms with Crippen LogP contribution in [0.5, 0.6) is 0 Å². The maximum Gasteiger partial charge on any atom is 0.246 e. The van der Waals surface area contributed by atoms with Crippen LogP contribution in [0.15, 0.2) is 29.6 Å². The topological polar surface area (TPSA) is 91.8 Å². The van der Waals surface area contributed by atoms with E-state index in [2.05, 4.69) is 20.2 Å². The van der Waals surface area contributed by atoms with Crippen LogP contribution in [0.1, 0.15) is 30.3 Å². The van der Waals surface area contributed by atoms with Crippen LogP contribution < -0.4 is 0 Å². The lowest BCUT2D eigenvalue weighted by atomic mass is 9.97. The van der Waals surface area contributed by atoms with Gasteiger partial charge < -0.3 is 0 Å². The summed E-state index contributed by atoms with van der Waals surface area (Å²) in [5.41, 5.74) is 0.938. The monoisotopic (exact) mass is 307 g/mol. The van der Waals surface area contributed by atoms with E-state index in [1.165, 1.54) is 16.7 Å². The second-order valence-electron chi connectivity index (χ2n) is 5.17. The van der Waals surface area contributed by atoms with E-state index in [4.69, 9.17) is 0 Å². The number of aromatic nitrogens is 4. The summed E-state index contributed by atoms with van der Waals surface area (Å²) in [6.45, 7) is 2.90. The fourth-order valence-corrected chi connectivity index (χ4v) is 3.93. The first-order valence-corrected chi connectivity index (χ1v) is 8.30. The Bertz CT molecular complexity index is 706. The number of H-pyrrole nitrogens is 1. The number of hydrogen-bond acceptors (Lipinski definition) is 5. The molecule has 2 aromatic rings. The molecule has 1 aliphatic rings. The van der Waals surface area contributed by atoms with Crippen molar-refractivity contribution in [2.45, 2.75) is 30.6 Å². The van der Waals surface area contributed by atoms with Gasteiger partial charge in [0.15, 0.2) is 0 Å². The molecule has 7 nitrogen and oxygen atoms in total. The zero-order chi connectivity index (χ0) is 14.9. The molecule has 3 heterocycles. The molecule has 1 N–H and O–H groups in total. The van der Waals surface area contributed by atoms with Gasteiger partial charge in [0.05, 0.1) is 6.20 Å². The summed E-state index contributed by atoms with van der Waals surface area (Å²) in [6.07, 6.45) is 5.98. The predicted octanol–water partition coefficient (Wildman–Crippen LogP) is 1.08. The van der Waals surface area contributed by atoms with E-state index in [-0.39, 0.29) is 10.8 Å². The van der Waals surface area contributed by atoms with Crippen molar-refractivity contribution in [2.75, 3.05) is 13.1 Å². The molecule has 0 spiro atoms. The highest BCUT2D eigenvalue weighted by atomic mass is 32.2. The molecule has 0 radical (unpaired) electrons. The zero-order valence-electron chi connectivity index (χ0n) is 11.7. The zero-order valence-corrected chi connectivity index (χ0v) is 12.5. The lowest BCUT2D eigenvalue weighted by Gasteiger charge is -2.30. The van der Waals surface area contributed by atoms with E-state index >= 15 is 0 Å². The first-order valence-electron chi connectivity index (χ1n) is 6.86. The third-order valence-electron chi connectivity index (χ3n) is 3.74. The van der Waals surface area contributed by atoms with Gasteiger partial charge >= 0.3 is 0 Å². The van der Waals surface area contributed by atoms with Gasteiger partial charge in [-0.05, 0) is 25.8 Å². The molecule has 2 aromatic heterocycles. The summed E-state index contributed by atoms with van der Waals surface area (Å²) in [5, 5.41) is 6.24. The highest BCUT2D eigenvalue weighted by molar-refractivity contribution is 7.89. The molecule has 0 amide bonds. The number of nitrogens with zero attached hydrogens (tertiary/aromatic N) is 4. The van der Waals surface area contributed by atoms with Crippen LogP contribution in [0.4, 0.5) is 0 Å². The minimum atomic E-state index is -3.43. The average molecular weight is 307 g/mol. The molecule has 0 aromatic carbocycles. The van der Waals surface area contributed by atoms with Crippen molar-refractivity contribution in [2.24, 2.45) is 0 Å². The van der Waals surface area contributed by atoms with Crippen LogP contribution in [-0.2, 0) is 10.0 Å². The van der Waals surface area contributed by atoms with Crippen molar-refractivity contribution < 1.29 is 8.42 Å². The van der Waals surface area contributed by atoms with Gasteiger partial charge in [-0.1, -0.05) is 0 Å². The fraction of sp³-hybridized carbons (Fsp3) is 0.462. The third-order valence-corrected chi connectivity index (χ3v) is 5.61. The van der Waals surface area contributed by atoms with Gasteiger partial charge in [-0.25, -0.2) is 18.4 Å². The Morgan fingerprint density at radius 2 is 2.10 bits per heavy atom. The van der Waals surface area contributed by atoms with Gasteiger partial charge in [0.25, 0.3) is 0 Å². The quantitative estimate of drug-likeness (QED) is 0.916. The van der Waals surface area contributed by atoms with E-state index in [0.29, 0.717) is 13.1 Å². The normalized spacial score (nSPS) is 18.0. The Hall–Kier alpha value is -1.80. The standard InChI is InChI=1S/C13H17N5O2S/c1-10-2-5-14-13(17-10)11-3-6-18(7-4-11)21(19,20)12-8-15-16-9-12/h2,5,8-9,11H,3-4,6-7H2,1H3,(H,15,16). The Balaban J connectivity index is 1.71. The molecule has 0 atom stereocenters. The molecular formula is C13H17N5O2S. The summed E-state index contributed by atoms with van der Waals surface area (Å²) >= 11 is 0. The summed E-state index contributed by atoms with van der Waals surface area (Å²) < 4.78 is 26.3. The molecule has 0 unspecified atom stereocenters. The van der Waals surface area contributed by atoms with E-state index in [9.17, 15) is 8.42 Å². The van der Waals surface area contributed by atoms with Gasteiger partial charge in [-0.2, -0.15) is 9.40 Å². The minimum Gasteiger partial charge on any atom is -0.284 e. The maximum absolute atomic E-state index is 12.4. The van der Waals surface area contributed by atoms with Crippen LogP contribution in [-0.4, -0.2) is 46.0 Å². The lowest BCUT2D eigenvalue weighted by Crippen LogP contribution is -2.38. The number of rotatable bonds is 3. The van der Waals surface area contributed by atoms with Crippen molar-refractivity contribution in [3.8, 4) is 0 Å². The summed E-state index contributed by atoms with van der Waals surface area (Å²) in [4.78, 5) is 8.96. The summed E-state index contributed by atoms with van der Waals surface area (Å²) in [7, 11) is -3.43. The highest BCUT2D eigenvalue weighted by Gasteiger charge is 2.31. The van der Waals surface area contributed by atoms with Crippen molar-refractivity contribution in [1.29, 1.82) is 0 Å². The number of aromatic amines is 1. The van der Waals surface area contributed by atoms with E-state index < -0.39 is 10.0 Å². The minimum absolute atomic E-state index is 0.216. The number of hydrogen-bond donors (Lipinski definition) is 1. The Morgan fingerprint density at radius 1 is 1.33 bits per heavy atom. The van der Waals surface area contributed by atoms with Crippen molar-refractivity contribution >= 4 is 10.0 Å². The van der Waals surface area contributed by atoms with Crippen molar-refractivity contribution in [3.63, 3.8) is 0 Å². The second-order valence-corrected chi connectivity index (χ2v) is 7.11. The maximum atomic E-state index is 12.4. The highest BCUT2D eigenvalue weighted by Crippen LogP contribution is 2.28. The van der Waals surface area contributed by atoms with Crippen LogP contribution in [0.3, 0.4) is 0 Å². The van der Waals surface area contributed by atoms with Gasteiger partial charge in [0.1, 0.15) is 10.7 Å². The molecule has 0 saturated carbocycles. The summed E-state index contributed by atoms with van der Waals surface area (Å²) in [5.74, 6) is 1.04. The number of piperidine rings is 1. The molecular weight excluding hydrogens is 290 g/mol. The third kappa shape index (κ3) is 2.81. The van der Waals surface area contributed by atoms with Crippen LogP contribution >= 0.6 is 0 Å². The van der Waals surface area contributed by atoms with E-state index in [0.717, 1.165) is 24.4 Å². The van der Waals surface area contributed by atoms with E-state index in [1.54, 1.807) is 6.20 Å². The fourth-order valence-electron chi connectivity index (χ4n) is 2.55. The largest absolute Gasteiger partial charge is 0.284 e. The smallest absolute Gasteiger partial charge is 0.246 e. The number of aryl methyl sites for hydroxylation is 1. The molecule has 1 aliphatic heterocycles. The Labute approximate surface area is 123 Å². The number of nitrogens with one attached hydrogen (secondary N) is 1. The molecule has 8 heteroatoms. The van der Waals surface area contributed by atoms with Gasteiger partial charge in [0, 0.05) is 37.1 Å².